The number of benzene rings is 3. The van der Waals surface area contributed by atoms with E-state index in [4.69, 9.17) is 0 Å². The van der Waals surface area contributed by atoms with Crippen LogP contribution < -0.4 is 10.2 Å². The van der Waals surface area contributed by atoms with Gasteiger partial charge in [-0.15, -0.1) is 0 Å². The number of likely N-dealkylation sites (N-methyl/N-ethyl adjacent to an activating group) is 1. The first-order chi connectivity index (χ1) is 16.5. The number of H-pyrrole nitrogens is 1. The number of carbonyl (C=O) groups excluding carboxylic acids is 1. The second-order valence-corrected chi connectivity index (χ2v) is 8.51. The van der Waals surface area contributed by atoms with Gasteiger partial charge in [-0.25, -0.2) is 4.79 Å². The molecule has 0 atom stereocenters. The normalized spacial score (nSPS) is 14.3. The number of fused-ring (bicyclic) bond motifs is 1. The molecule has 1 saturated heterocycles. The number of amides is 1. The number of rotatable bonds is 5. The second-order valence-electron chi connectivity index (χ2n) is 8.51. The van der Waals surface area contributed by atoms with Crippen LogP contribution in [0.3, 0.4) is 0 Å². The fourth-order valence-electron chi connectivity index (χ4n) is 4.19. The largest absolute Gasteiger partial charge is 0.478 e. The van der Waals surface area contributed by atoms with Gasteiger partial charge in [-0.05, 0) is 66.7 Å². The van der Waals surface area contributed by atoms with E-state index in [1.54, 1.807) is 18.2 Å². The van der Waals surface area contributed by atoms with Crippen LogP contribution in [0.25, 0.3) is 22.0 Å². The summed E-state index contributed by atoms with van der Waals surface area (Å²) >= 11 is 0. The summed E-state index contributed by atoms with van der Waals surface area (Å²) in [5.74, 6) is -0.739. The number of aromatic nitrogens is 2. The molecule has 0 aliphatic carbocycles. The van der Waals surface area contributed by atoms with Crippen LogP contribution >= 0.6 is 0 Å². The first-order valence-corrected chi connectivity index (χ1v) is 11.1. The van der Waals surface area contributed by atoms with E-state index in [-0.39, 0.29) is 11.5 Å². The van der Waals surface area contributed by atoms with Gasteiger partial charge in [0, 0.05) is 42.8 Å². The van der Waals surface area contributed by atoms with Crippen LogP contribution in [-0.4, -0.2) is 65.3 Å². The molecule has 1 fully saturated rings. The molecule has 8 nitrogen and oxygen atoms in total. The predicted octanol–water partition coefficient (Wildman–Crippen LogP) is 3.93. The zero-order valence-electron chi connectivity index (χ0n) is 18.8. The van der Waals surface area contributed by atoms with Crippen molar-refractivity contribution in [3.8, 4) is 11.1 Å². The SMILES string of the molecule is CN1CCN(c2ccc(C(=O)Nc3n[nH]c4cc(-c5cccc(C(=O)O)c5)ccc34)cc2)CC1. The quantitative estimate of drug-likeness (QED) is 0.422. The predicted molar refractivity (Wildman–Crippen MR) is 133 cm³/mol. The summed E-state index contributed by atoms with van der Waals surface area (Å²) < 4.78 is 0. The molecule has 1 aromatic heterocycles. The molecule has 2 heterocycles. The molecule has 0 radical (unpaired) electrons. The number of hydrogen-bond acceptors (Lipinski definition) is 5. The number of piperazine rings is 1. The van der Waals surface area contributed by atoms with Crippen molar-refractivity contribution >= 4 is 34.3 Å². The topological polar surface area (TPSA) is 102 Å². The third-order valence-corrected chi connectivity index (χ3v) is 6.24. The number of nitrogens with one attached hydrogen (secondary N) is 2. The number of carbonyl (C=O) groups is 2. The molecule has 1 aliphatic rings. The van der Waals surface area contributed by atoms with Crippen LogP contribution in [0.2, 0.25) is 0 Å². The number of aromatic amines is 1. The third kappa shape index (κ3) is 4.35. The van der Waals surface area contributed by atoms with E-state index < -0.39 is 5.97 Å². The Morgan fingerprint density at radius 1 is 0.912 bits per heavy atom. The summed E-state index contributed by atoms with van der Waals surface area (Å²) in [5.41, 5.74) is 4.32. The highest BCUT2D eigenvalue weighted by Crippen LogP contribution is 2.28. The van der Waals surface area contributed by atoms with Crippen LogP contribution in [0.15, 0.2) is 66.7 Å². The summed E-state index contributed by atoms with van der Waals surface area (Å²) in [6.45, 7) is 4.01. The molecule has 0 unspecified atom stereocenters. The first kappa shape index (κ1) is 21.7. The number of nitrogens with zero attached hydrogens (tertiary/aromatic N) is 3. The van der Waals surface area contributed by atoms with Gasteiger partial charge in [-0.3, -0.25) is 9.89 Å². The van der Waals surface area contributed by atoms with Crippen LogP contribution in [0.1, 0.15) is 20.7 Å². The van der Waals surface area contributed by atoms with Crippen molar-refractivity contribution in [1.82, 2.24) is 15.1 Å². The third-order valence-electron chi connectivity index (χ3n) is 6.24. The second kappa shape index (κ2) is 8.99. The fraction of sp³-hybridized carbons (Fsp3) is 0.192. The average Bonchev–Trinajstić information content (AvgIpc) is 3.26. The molecule has 5 rings (SSSR count). The summed E-state index contributed by atoms with van der Waals surface area (Å²) in [7, 11) is 2.13. The van der Waals surface area contributed by atoms with E-state index in [0.717, 1.165) is 53.9 Å². The Kier molecular flexibility index (Phi) is 5.73. The van der Waals surface area contributed by atoms with E-state index >= 15 is 0 Å². The first-order valence-electron chi connectivity index (χ1n) is 11.1. The summed E-state index contributed by atoms with van der Waals surface area (Å²) in [5, 5.41) is 20.1. The van der Waals surface area contributed by atoms with Crippen molar-refractivity contribution in [3.05, 3.63) is 77.9 Å². The Hall–Kier alpha value is -4.17. The van der Waals surface area contributed by atoms with Gasteiger partial charge < -0.3 is 20.2 Å². The van der Waals surface area contributed by atoms with Gasteiger partial charge in [0.2, 0.25) is 0 Å². The molecule has 0 spiro atoms. The minimum Gasteiger partial charge on any atom is -0.478 e. The van der Waals surface area contributed by atoms with Crippen molar-refractivity contribution < 1.29 is 14.7 Å². The van der Waals surface area contributed by atoms with Crippen LogP contribution in [0.5, 0.6) is 0 Å². The van der Waals surface area contributed by atoms with Gasteiger partial charge in [0.25, 0.3) is 5.91 Å². The Labute approximate surface area is 196 Å². The van der Waals surface area contributed by atoms with Crippen LogP contribution in [0.4, 0.5) is 11.5 Å². The van der Waals surface area contributed by atoms with Crippen molar-refractivity contribution in [2.24, 2.45) is 0 Å². The van der Waals surface area contributed by atoms with Gasteiger partial charge in [0.05, 0.1) is 11.1 Å². The van der Waals surface area contributed by atoms with E-state index in [9.17, 15) is 14.7 Å². The Balaban J connectivity index is 1.31. The van der Waals surface area contributed by atoms with Gasteiger partial charge in [-0.2, -0.15) is 5.10 Å². The summed E-state index contributed by atoms with van der Waals surface area (Å²) in [6.07, 6.45) is 0. The molecule has 8 heteroatoms. The van der Waals surface area contributed by atoms with Crippen molar-refractivity contribution in [1.29, 1.82) is 0 Å². The van der Waals surface area contributed by atoms with E-state index in [2.05, 4.69) is 32.4 Å². The summed E-state index contributed by atoms with van der Waals surface area (Å²) in [6, 6.07) is 20.1. The maximum atomic E-state index is 12.8. The minimum absolute atomic E-state index is 0.225. The number of anilines is 2. The molecule has 34 heavy (non-hydrogen) atoms. The molecular weight excluding hydrogens is 430 g/mol. The zero-order chi connectivity index (χ0) is 23.7. The highest BCUT2D eigenvalue weighted by molar-refractivity contribution is 6.08. The molecule has 0 saturated carbocycles. The van der Waals surface area contributed by atoms with Crippen molar-refractivity contribution in [3.63, 3.8) is 0 Å². The maximum absolute atomic E-state index is 12.8. The molecule has 3 N–H and O–H groups in total. The van der Waals surface area contributed by atoms with E-state index in [1.807, 2.05) is 48.5 Å². The standard InChI is InChI=1S/C26H25N5O3/c1-30-11-13-31(14-12-30)21-8-5-17(6-9-21)25(32)27-24-22-10-7-19(16-23(22)28-29-24)18-3-2-4-20(15-18)26(33)34/h2-10,15-16H,11-14H2,1H3,(H,33,34)(H2,27,28,29,32). The van der Waals surface area contributed by atoms with Gasteiger partial charge >= 0.3 is 5.97 Å². The zero-order valence-corrected chi connectivity index (χ0v) is 18.8. The Bertz CT molecular complexity index is 1350. The molecular formula is C26H25N5O3. The van der Waals surface area contributed by atoms with E-state index in [1.165, 1.54) is 0 Å². The lowest BCUT2D eigenvalue weighted by Gasteiger charge is -2.34. The highest BCUT2D eigenvalue weighted by Gasteiger charge is 2.16. The molecule has 1 amide bonds. The van der Waals surface area contributed by atoms with Gasteiger partial charge in [0.15, 0.2) is 5.82 Å². The lowest BCUT2D eigenvalue weighted by atomic mass is 10.0. The minimum atomic E-state index is -0.967. The Morgan fingerprint density at radius 3 is 2.38 bits per heavy atom. The van der Waals surface area contributed by atoms with Crippen molar-refractivity contribution in [2.75, 3.05) is 43.4 Å². The smallest absolute Gasteiger partial charge is 0.335 e. The summed E-state index contributed by atoms with van der Waals surface area (Å²) in [4.78, 5) is 28.7. The van der Waals surface area contributed by atoms with Crippen LogP contribution in [-0.2, 0) is 0 Å². The lowest BCUT2D eigenvalue weighted by Crippen LogP contribution is -2.44. The Morgan fingerprint density at radius 2 is 1.65 bits per heavy atom. The molecule has 4 aromatic rings. The monoisotopic (exact) mass is 455 g/mol. The maximum Gasteiger partial charge on any atom is 0.335 e. The molecule has 172 valence electrons. The van der Waals surface area contributed by atoms with Crippen LogP contribution in [0, 0.1) is 0 Å². The lowest BCUT2D eigenvalue weighted by molar-refractivity contribution is 0.0696. The highest BCUT2D eigenvalue weighted by atomic mass is 16.4. The number of aromatic carboxylic acids is 1. The number of carboxylic acid groups (broad SMARTS) is 1. The average molecular weight is 456 g/mol. The molecule has 3 aromatic carbocycles. The van der Waals surface area contributed by atoms with Gasteiger partial charge in [0.1, 0.15) is 0 Å². The van der Waals surface area contributed by atoms with E-state index in [0.29, 0.717) is 11.4 Å². The fourth-order valence-corrected chi connectivity index (χ4v) is 4.19. The number of hydrogen-bond donors (Lipinski definition) is 3. The molecule has 0 bridgehead atoms. The molecule has 1 aliphatic heterocycles. The van der Waals surface area contributed by atoms with Gasteiger partial charge in [-0.1, -0.05) is 18.2 Å². The number of carboxylic acids is 1. The van der Waals surface area contributed by atoms with Crippen molar-refractivity contribution in [2.45, 2.75) is 0 Å².